The second-order valence-electron chi connectivity index (χ2n) is 6.35. The van der Waals surface area contributed by atoms with Crippen LogP contribution in [0.1, 0.15) is 36.7 Å². The molecule has 0 bridgehead atoms. The maximum absolute atomic E-state index is 12.2. The van der Waals surface area contributed by atoms with Crippen molar-refractivity contribution in [2.24, 2.45) is 5.14 Å². The van der Waals surface area contributed by atoms with Gasteiger partial charge in [0.15, 0.2) is 0 Å². The van der Waals surface area contributed by atoms with E-state index in [2.05, 4.69) is 26.1 Å². The summed E-state index contributed by atoms with van der Waals surface area (Å²) in [4.78, 5) is 12.1. The molecule has 0 fully saturated rings. The number of benzene rings is 2. The number of nitrogens with two attached hydrogens (primary N) is 1. The number of nitrogens with one attached hydrogen (secondary N) is 1. The lowest BCUT2D eigenvalue weighted by Gasteiger charge is -2.19. The second kappa shape index (κ2) is 6.14. The molecule has 6 heteroatoms. The van der Waals surface area contributed by atoms with Crippen molar-refractivity contribution in [1.82, 2.24) is 0 Å². The number of primary sulfonamides is 1. The first-order valence-corrected chi connectivity index (χ1v) is 8.67. The SMILES string of the molecule is CC(C)(C)c1ccc(NC(=O)c2ccc(S(N)(=O)=O)cc2)cc1. The number of anilines is 1. The number of sulfonamides is 1. The van der Waals surface area contributed by atoms with E-state index in [4.69, 9.17) is 5.14 Å². The van der Waals surface area contributed by atoms with Gasteiger partial charge in [-0.05, 0) is 47.4 Å². The number of hydrogen-bond acceptors (Lipinski definition) is 3. The van der Waals surface area contributed by atoms with Gasteiger partial charge in [0.2, 0.25) is 10.0 Å². The Hall–Kier alpha value is -2.18. The maximum atomic E-state index is 12.2. The molecule has 5 nitrogen and oxygen atoms in total. The lowest BCUT2D eigenvalue weighted by Crippen LogP contribution is -2.15. The van der Waals surface area contributed by atoms with Crippen LogP contribution in [0.15, 0.2) is 53.4 Å². The molecule has 3 N–H and O–H groups in total. The van der Waals surface area contributed by atoms with Gasteiger partial charge in [-0.1, -0.05) is 32.9 Å². The van der Waals surface area contributed by atoms with E-state index < -0.39 is 10.0 Å². The van der Waals surface area contributed by atoms with Gasteiger partial charge in [-0.2, -0.15) is 0 Å². The van der Waals surface area contributed by atoms with Gasteiger partial charge in [-0.25, -0.2) is 13.6 Å². The minimum Gasteiger partial charge on any atom is -0.322 e. The van der Waals surface area contributed by atoms with Crippen LogP contribution in [0, 0.1) is 0 Å². The normalized spacial score (nSPS) is 12.0. The number of rotatable bonds is 3. The van der Waals surface area contributed by atoms with Crippen LogP contribution >= 0.6 is 0 Å². The molecule has 0 aliphatic rings. The Labute approximate surface area is 136 Å². The molecular weight excluding hydrogens is 312 g/mol. The number of amides is 1. The fourth-order valence-electron chi connectivity index (χ4n) is 2.05. The predicted octanol–water partition coefficient (Wildman–Crippen LogP) is 2.88. The average Bonchev–Trinajstić information content (AvgIpc) is 2.46. The Bertz CT molecular complexity index is 802. The summed E-state index contributed by atoms with van der Waals surface area (Å²) < 4.78 is 22.4. The highest BCUT2D eigenvalue weighted by atomic mass is 32.2. The zero-order valence-corrected chi connectivity index (χ0v) is 14.1. The van der Waals surface area contributed by atoms with Crippen LogP contribution in [0.2, 0.25) is 0 Å². The van der Waals surface area contributed by atoms with Crippen molar-refractivity contribution in [2.45, 2.75) is 31.1 Å². The van der Waals surface area contributed by atoms with E-state index in [0.29, 0.717) is 11.3 Å². The minimum atomic E-state index is -3.75. The van der Waals surface area contributed by atoms with Gasteiger partial charge in [-0.3, -0.25) is 4.79 Å². The summed E-state index contributed by atoms with van der Waals surface area (Å²) in [5, 5.41) is 7.80. The van der Waals surface area contributed by atoms with Gasteiger partial charge in [0, 0.05) is 11.3 Å². The zero-order chi connectivity index (χ0) is 17.3. The van der Waals surface area contributed by atoms with Gasteiger partial charge in [-0.15, -0.1) is 0 Å². The third-order valence-electron chi connectivity index (χ3n) is 3.45. The first kappa shape index (κ1) is 17.2. The lowest BCUT2D eigenvalue weighted by molar-refractivity contribution is 0.102. The van der Waals surface area contributed by atoms with Gasteiger partial charge < -0.3 is 5.32 Å². The molecule has 23 heavy (non-hydrogen) atoms. The van der Waals surface area contributed by atoms with Gasteiger partial charge >= 0.3 is 0 Å². The molecule has 0 aromatic heterocycles. The molecule has 0 spiro atoms. The molecule has 0 heterocycles. The van der Waals surface area contributed by atoms with E-state index in [1.165, 1.54) is 29.8 Å². The number of hydrogen-bond donors (Lipinski definition) is 2. The summed E-state index contributed by atoms with van der Waals surface area (Å²) in [6.45, 7) is 6.36. The van der Waals surface area contributed by atoms with Crippen molar-refractivity contribution >= 4 is 21.6 Å². The van der Waals surface area contributed by atoms with Crippen molar-refractivity contribution in [1.29, 1.82) is 0 Å². The zero-order valence-electron chi connectivity index (χ0n) is 13.3. The Morgan fingerprint density at radius 3 is 1.91 bits per heavy atom. The highest BCUT2D eigenvalue weighted by molar-refractivity contribution is 7.89. The van der Waals surface area contributed by atoms with Crippen molar-refractivity contribution in [3.05, 3.63) is 59.7 Å². The molecular formula is C17H20N2O3S. The molecule has 1 amide bonds. The van der Waals surface area contributed by atoms with Crippen LogP contribution in [0.5, 0.6) is 0 Å². The minimum absolute atomic E-state index is 0.0245. The molecule has 0 aliphatic carbocycles. The van der Waals surface area contributed by atoms with E-state index >= 15 is 0 Å². The third kappa shape index (κ3) is 4.40. The summed E-state index contributed by atoms with van der Waals surface area (Å²) in [7, 11) is -3.75. The van der Waals surface area contributed by atoms with Crippen molar-refractivity contribution < 1.29 is 13.2 Å². The lowest BCUT2D eigenvalue weighted by atomic mass is 9.87. The van der Waals surface area contributed by atoms with Crippen LogP contribution < -0.4 is 10.5 Å². The second-order valence-corrected chi connectivity index (χ2v) is 7.91. The highest BCUT2D eigenvalue weighted by Crippen LogP contribution is 2.23. The third-order valence-corrected chi connectivity index (χ3v) is 4.38. The Morgan fingerprint density at radius 1 is 0.957 bits per heavy atom. The number of carbonyl (C=O) groups is 1. The van der Waals surface area contributed by atoms with Crippen molar-refractivity contribution in [2.75, 3.05) is 5.32 Å². The molecule has 2 aromatic rings. The fraction of sp³-hybridized carbons (Fsp3) is 0.235. The molecule has 2 aromatic carbocycles. The van der Waals surface area contributed by atoms with Crippen LogP contribution in [0.25, 0.3) is 0 Å². The maximum Gasteiger partial charge on any atom is 0.255 e. The quantitative estimate of drug-likeness (QED) is 0.905. The summed E-state index contributed by atoms with van der Waals surface area (Å²) in [5.41, 5.74) is 2.26. The predicted molar refractivity (Wildman–Crippen MR) is 90.9 cm³/mol. The van der Waals surface area contributed by atoms with Gasteiger partial charge in [0.1, 0.15) is 0 Å². The molecule has 0 atom stereocenters. The van der Waals surface area contributed by atoms with Gasteiger partial charge in [0.25, 0.3) is 5.91 Å². The van der Waals surface area contributed by atoms with E-state index in [9.17, 15) is 13.2 Å². The van der Waals surface area contributed by atoms with Crippen LogP contribution in [-0.4, -0.2) is 14.3 Å². The van der Waals surface area contributed by atoms with Crippen LogP contribution in [0.4, 0.5) is 5.69 Å². The summed E-state index contributed by atoms with van der Waals surface area (Å²) >= 11 is 0. The molecule has 0 radical (unpaired) electrons. The van der Waals surface area contributed by atoms with Crippen molar-refractivity contribution in [3.8, 4) is 0 Å². The topological polar surface area (TPSA) is 89.3 Å². The smallest absolute Gasteiger partial charge is 0.255 e. The summed E-state index contributed by atoms with van der Waals surface area (Å²) in [6.07, 6.45) is 0. The fourth-order valence-corrected chi connectivity index (χ4v) is 2.57. The van der Waals surface area contributed by atoms with Crippen molar-refractivity contribution in [3.63, 3.8) is 0 Å². The van der Waals surface area contributed by atoms with E-state index in [0.717, 1.165) is 0 Å². The van der Waals surface area contributed by atoms with Crippen LogP contribution in [-0.2, 0) is 15.4 Å². The van der Waals surface area contributed by atoms with E-state index in [1.807, 2.05) is 24.3 Å². The largest absolute Gasteiger partial charge is 0.322 e. The monoisotopic (exact) mass is 332 g/mol. The Balaban J connectivity index is 2.13. The van der Waals surface area contributed by atoms with Gasteiger partial charge in [0.05, 0.1) is 4.90 Å². The standard InChI is InChI=1S/C17H20N2O3S/c1-17(2,3)13-6-8-14(9-7-13)19-16(20)12-4-10-15(11-5-12)23(18,21)22/h4-11H,1-3H3,(H,19,20)(H2,18,21,22). The van der Waals surface area contributed by atoms with Crippen LogP contribution in [0.3, 0.4) is 0 Å². The van der Waals surface area contributed by atoms with E-state index in [-0.39, 0.29) is 16.2 Å². The summed E-state index contributed by atoms with van der Waals surface area (Å²) in [6, 6.07) is 13.1. The average molecular weight is 332 g/mol. The number of carbonyl (C=O) groups excluding carboxylic acids is 1. The Morgan fingerprint density at radius 2 is 1.48 bits per heavy atom. The first-order chi connectivity index (χ1) is 10.6. The molecule has 0 saturated heterocycles. The molecule has 0 saturated carbocycles. The molecule has 2 rings (SSSR count). The van der Waals surface area contributed by atoms with E-state index in [1.54, 1.807) is 0 Å². The molecule has 0 unspecified atom stereocenters. The Kier molecular flexibility index (Phi) is 4.58. The molecule has 122 valence electrons. The summed E-state index contributed by atoms with van der Waals surface area (Å²) in [5.74, 6) is -0.311. The first-order valence-electron chi connectivity index (χ1n) is 7.12. The molecule has 0 aliphatic heterocycles. The highest BCUT2D eigenvalue weighted by Gasteiger charge is 2.14.